The molecule has 1 fully saturated rings. The molecular weight excluding hydrogens is 296 g/mol. The van der Waals surface area contributed by atoms with Gasteiger partial charge in [-0.25, -0.2) is 4.98 Å². The number of ether oxygens (including phenoxy) is 3. The molecule has 1 aromatic carbocycles. The van der Waals surface area contributed by atoms with E-state index in [1.165, 1.54) is 0 Å². The van der Waals surface area contributed by atoms with Crippen molar-refractivity contribution in [1.29, 1.82) is 0 Å². The molecule has 0 atom stereocenters. The second-order valence-electron chi connectivity index (χ2n) is 5.07. The van der Waals surface area contributed by atoms with Gasteiger partial charge in [0, 0.05) is 24.7 Å². The fourth-order valence-electron chi connectivity index (χ4n) is 2.33. The topological polar surface area (TPSA) is 60.9 Å². The summed E-state index contributed by atoms with van der Waals surface area (Å²) in [6.45, 7) is 2.40. The summed E-state index contributed by atoms with van der Waals surface area (Å²) in [6, 6.07) is 10.6. The van der Waals surface area contributed by atoms with E-state index in [1.54, 1.807) is 54.6 Å². The summed E-state index contributed by atoms with van der Waals surface area (Å²) >= 11 is 0. The van der Waals surface area contributed by atoms with Crippen molar-refractivity contribution in [2.45, 2.75) is 0 Å². The largest absolute Gasteiger partial charge is 0.481 e. The highest BCUT2D eigenvalue weighted by molar-refractivity contribution is 5.94. The Morgan fingerprint density at radius 3 is 2.70 bits per heavy atom. The number of carbonyl (C=O) groups excluding carboxylic acids is 1. The molecule has 23 heavy (non-hydrogen) atoms. The van der Waals surface area contributed by atoms with Crippen LogP contribution in [0.2, 0.25) is 0 Å². The summed E-state index contributed by atoms with van der Waals surface area (Å²) in [5, 5.41) is 0. The maximum Gasteiger partial charge on any atom is 0.254 e. The van der Waals surface area contributed by atoms with Crippen molar-refractivity contribution < 1.29 is 19.0 Å². The predicted molar refractivity (Wildman–Crippen MR) is 84.0 cm³/mol. The van der Waals surface area contributed by atoms with Gasteiger partial charge in [-0.2, -0.15) is 0 Å². The molecule has 2 aromatic rings. The number of aromatic nitrogens is 1. The Balaban J connectivity index is 1.72. The molecule has 0 aliphatic carbocycles. The van der Waals surface area contributed by atoms with E-state index in [0.717, 1.165) is 0 Å². The number of amides is 1. The van der Waals surface area contributed by atoms with Crippen molar-refractivity contribution in [3.8, 4) is 17.4 Å². The van der Waals surface area contributed by atoms with Gasteiger partial charge in [0.2, 0.25) is 5.88 Å². The number of hydrogen-bond acceptors (Lipinski definition) is 5. The molecule has 0 N–H and O–H groups in total. The van der Waals surface area contributed by atoms with Crippen LogP contribution < -0.4 is 9.47 Å². The fourth-order valence-corrected chi connectivity index (χ4v) is 2.33. The highest BCUT2D eigenvalue weighted by atomic mass is 16.5. The summed E-state index contributed by atoms with van der Waals surface area (Å²) < 4.78 is 16.0. The quantitative estimate of drug-likeness (QED) is 0.867. The van der Waals surface area contributed by atoms with Crippen LogP contribution in [0.4, 0.5) is 0 Å². The third-order valence-corrected chi connectivity index (χ3v) is 3.53. The number of pyridine rings is 1. The van der Waals surface area contributed by atoms with E-state index in [2.05, 4.69) is 4.98 Å². The second-order valence-corrected chi connectivity index (χ2v) is 5.07. The van der Waals surface area contributed by atoms with Crippen molar-refractivity contribution >= 4 is 5.91 Å². The third-order valence-electron chi connectivity index (χ3n) is 3.53. The Morgan fingerprint density at radius 2 is 2.00 bits per heavy atom. The van der Waals surface area contributed by atoms with Gasteiger partial charge >= 0.3 is 0 Å². The van der Waals surface area contributed by atoms with Crippen LogP contribution in [-0.2, 0) is 4.74 Å². The summed E-state index contributed by atoms with van der Waals surface area (Å²) in [7, 11) is 1.56. The predicted octanol–water partition coefficient (Wildman–Crippen LogP) is 2.35. The number of methoxy groups -OCH3 is 1. The minimum atomic E-state index is -0.00777. The molecule has 0 spiro atoms. The molecular formula is C17H18N2O4. The Morgan fingerprint density at radius 1 is 1.17 bits per heavy atom. The molecule has 1 saturated heterocycles. The number of rotatable bonds is 4. The molecule has 2 heterocycles. The smallest absolute Gasteiger partial charge is 0.254 e. The zero-order valence-corrected chi connectivity index (χ0v) is 12.9. The van der Waals surface area contributed by atoms with Gasteiger partial charge in [0.05, 0.1) is 26.5 Å². The van der Waals surface area contributed by atoms with Gasteiger partial charge in [0.25, 0.3) is 5.91 Å². The first-order chi connectivity index (χ1) is 11.3. The molecule has 0 radical (unpaired) electrons. The molecule has 1 aliphatic heterocycles. The fraction of sp³-hybridized carbons (Fsp3) is 0.294. The van der Waals surface area contributed by atoms with Gasteiger partial charge in [0.15, 0.2) is 0 Å². The van der Waals surface area contributed by atoms with Crippen LogP contribution in [0.1, 0.15) is 10.4 Å². The minimum Gasteiger partial charge on any atom is -0.481 e. The van der Waals surface area contributed by atoms with Crippen LogP contribution >= 0.6 is 0 Å². The van der Waals surface area contributed by atoms with E-state index in [-0.39, 0.29) is 5.91 Å². The van der Waals surface area contributed by atoms with Crippen molar-refractivity contribution in [3.63, 3.8) is 0 Å². The Hall–Kier alpha value is -2.60. The van der Waals surface area contributed by atoms with E-state index in [9.17, 15) is 4.79 Å². The van der Waals surface area contributed by atoms with Crippen LogP contribution in [0.5, 0.6) is 17.4 Å². The standard InChI is InChI=1S/C17H18N2O4/c1-21-16-6-5-15(12-18-16)23-14-4-2-3-13(11-14)17(20)19-7-9-22-10-8-19/h2-6,11-12H,7-10H2,1H3. The monoisotopic (exact) mass is 314 g/mol. The first-order valence-electron chi connectivity index (χ1n) is 7.41. The van der Waals surface area contributed by atoms with E-state index in [0.29, 0.717) is 49.2 Å². The lowest BCUT2D eigenvalue weighted by molar-refractivity contribution is 0.0302. The molecule has 0 saturated carbocycles. The van der Waals surface area contributed by atoms with E-state index in [4.69, 9.17) is 14.2 Å². The lowest BCUT2D eigenvalue weighted by Crippen LogP contribution is -2.40. The van der Waals surface area contributed by atoms with Crippen LogP contribution in [0, 0.1) is 0 Å². The molecule has 0 bridgehead atoms. The van der Waals surface area contributed by atoms with E-state index < -0.39 is 0 Å². The zero-order chi connectivity index (χ0) is 16.1. The van der Waals surface area contributed by atoms with Crippen molar-refractivity contribution in [2.75, 3.05) is 33.4 Å². The maximum absolute atomic E-state index is 12.5. The molecule has 1 aliphatic rings. The van der Waals surface area contributed by atoms with Crippen LogP contribution in [0.3, 0.4) is 0 Å². The molecule has 3 rings (SSSR count). The highest BCUT2D eigenvalue weighted by Gasteiger charge is 2.18. The van der Waals surface area contributed by atoms with Gasteiger partial charge in [-0.1, -0.05) is 6.07 Å². The normalized spacial score (nSPS) is 14.4. The number of morpholine rings is 1. The first kappa shape index (κ1) is 15.3. The molecule has 120 valence electrons. The first-order valence-corrected chi connectivity index (χ1v) is 7.41. The lowest BCUT2D eigenvalue weighted by atomic mass is 10.2. The summed E-state index contributed by atoms with van der Waals surface area (Å²) in [5.41, 5.74) is 0.603. The van der Waals surface area contributed by atoms with E-state index in [1.807, 2.05) is 0 Å². The Labute approximate surface area is 134 Å². The number of benzene rings is 1. The zero-order valence-electron chi connectivity index (χ0n) is 12.9. The highest BCUT2D eigenvalue weighted by Crippen LogP contribution is 2.23. The SMILES string of the molecule is COc1ccc(Oc2cccc(C(=O)N3CCOCC3)c2)cn1. The van der Waals surface area contributed by atoms with Crippen molar-refractivity contribution in [3.05, 3.63) is 48.2 Å². The van der Waals surface area contributed by atoms with Gasteiger partial charge in [-0.3, -0.25) is 4.79 Å². The van der Waals surface area contributed by atoms with Gasteiger partial charge in [-0.15, -0.1) is 0 Å². The Kier molecular flexibility index (Phi) is 4.73. The van der Waals surface area contributed by atoms with Crippen LogP contribution in [0.25, 0.3) is 0 Å². The molecule has 6 heteroatoms. The minimum absolute atomic E-state index is 0.00777. The summed E-state index contributed by atoms with van der Waals surface area (Å²) in [6.07, 6.45) is 1.58. The number of hydrogen-bond donors (Lipinski definition) is 0. The Bertz CT molecular complexity index is 667. The van der Waals surface area contributed by atoms with Crippen LogP contribution in [0.15, 0.2) is 42.6 Å². The molecule has 0 unspecified atom stereocenters. The van der Waals surface area contributed by atoms with E-state index >= 15 is 0 Å². The van der Waals surface area contributed by atoms with Crippen molar-refractivity contribution in [1.82, 2.24) is 9.88 Å². The second kappa shape index (κ2) is 7.11. The summed E-state index contributed by atoms with van der Waals surface area (Å²) in [4.78, 5) is 18.4. The summed E-state index contributed by atoms with van der Waals surface area (Å²) in [5.74, 6) is 1.69. The molecule has 1 aromatic heterocycles. The average molecular weight is 314 g/mol. The van der Waals surface area contributed by atoms with Gasteiger partial charge in [-0.05, 0) is 24.3 Å². The third kappa shape index (κ3) is 3.78. The average Bonchev–Trinajstić information content (AvgIpc) is 2.63. The number of nitrogens with zero attached hydrogens (tertiary/aromatic N) is 2. The van der Waals surface area contributed by atoms with Gasteiger partial charge in [0.1, 0.15) is 11.5 Å². The lowest BCUT2D eigenvalue weighted by Gasteiger charge is -2.26. The van der Waals surface area contributed by atoms with Gasteiger partial charge < -0.3 is 19.1 Å². The maximum atomic E-state index is 12.5. The van der Waals surface area contributed by atoms with Crippen LogP contribution in [-0.4, -0.2) is 49.2 Å². The molecule has 6 nitrogen and oxygen atoms in total. The number of carbonyl (C=O) groups is 1. The van der Waals surface area contributed by atoms with Crippen molar-refractivity contribution in [2.24, 2.45) is 0 Å². The molecule has 1 amide bonds.